The molecule has 2 aromatic rings. The van der Waals surface area contributed by atoms with Crippen molar-refractivity contribution in [3.63, 3.8) is 0 Å². The van der Waals surface area contributed by atoms with Crippen LogP contribution in [0.3, 0.4) is 0 Å². The second-order valence-electron chi connectivity index (χ2n) is 4.64. The molecule has 0 aromatic heterocycles. The van der Waals surface area contributed by atoms with Crippen LogP contribution in [-0.4, -0.2) is 0 Å². The fourth-order valence-corrected chi connectivity index (χ4v) is 2.76. The van der Waals surface area contributed by atoms with Crippen LogP contribution in [-0.2, 0) is 5.75 Å². The summed E-state index contributed by atoms with van der Waals surface area (Å²) in [6, 6.07) is 17.3. The SMILES string of the molecule is Cc1cccc(CSc2cccc(C(C)N)c2)c1. The summed E-state index contributed by atoms with van der Waals surface area (Å²) in [6.45, 7) is 4.15. The largest absolute Gasteiger partial charge is 0.324 e. The summed E-state index contributed by atoms with van der Waals surface area (Å²) in [6.07, 6.45) is 0. The van der Waals surface area contributed by atoms with Gasteiger partial charge < -0.3 is 5.73 Å². The lowest BCUT2D eigenvalue weighted by Crippen LogP contribution is -2.04. The molecule has 0 spiro atoms. The molecule has 0 aliphatic heterocycles. The molecule has 1 nitrogen and oxygen atoms in total. The zero-order valence-corrected chi connectivity index (χ0v) is 11.7. The van der Waals surface area contributed by atoms with Crippen molar-refractivity contribution < 1.29 is 0 Å². The van der Waals surface area contributed by atoms with Gasteiger partial charge in [-0.25, -0.2) is 0 Å². The smallest absolute Gasteiger partial charge is 0.0266 e. The van der Waals surface area contributed by atoms with Crippen LogP contribution in [0.15, 0.2) is 53.4 Å². The van der Waals surface area contributed by atoms with E-state index in [0.717, 1.165) is 5.75 Å². The molecule has 2 heteroatoms. The van der Waals surface area contributed by atoms with E-state index in [-0.39, 0.29) is 6.04 Å². The lowest BCUT2D eigenvalue weighted by molar-refractivity contribution is 0.815. The number of aryl methyl sites for hydroxylation is 1. The van der Waals surface area contributed by atoms with Crippen LogP contribution < -0.4 is 5.73 Å². The maximum Gasteiger partial charge on any atom is 0.0266 e. The highest BCUT2D eigenvalue weighted by Crippen LogP contribution is 2.25. The third-order valence-corrected chi connectivity index (χ3v) is 3.94. The first-order valence-electron chi connectivity index (χ1n) is 6.19. The van der Waals surface area contributed by atoms with Crippen molar-refractivity contribution in [3.05, 3.63) is 65.2 Å². The summed E-state index contributed by atoms with van der Waals surface area (Å²) in [5.41, 5.74) is 9.78. The molecule has 1 unspecified atom stereocenters. The Morgan fingerprint density at radius 1 is 1.11 bits per heavy atom. The number of hydrogen-bond donors (Lipinski definition) is 1. The van der Waals surface area contributed by atoms with Crippen molar-refractivity contribution in [1.29, 1.82) is 0 Å². The van der Waals surface area contributed by atoms with Crippen LogP contribution >= 0.6 is 11.8 Å². The molecular weight excluding hydrogens is 238 g/mol. The molecule has 0 radical (unpaired) electrons. The normalized spacial score (nSPS) is 12.4. The standard InChI is InChI=1S/C16H19NS/c1-12-5-3-6-14(9-12)11-18-16-8-4-7-15(10-16)13(2)17/h3-10,13H,11,17H2,1-2H3. The Labute approximate surface area is 113 Å². The van der Waals surface area contributed by atoms with Crippen molar-refractivity contribution in [3.8, 4) is 0 Å². The van der Waals surface area contributed by atoms with E-state index >= 15 is 0 Å². The van der Waals surface area contributed by atoms with E-state index in [1.807, 2.05) is 18.7 Å². The van der Waals surface area contributed by atoms with E-state index in [4.69, 9.17) is 5.73 Å². The molecule has 18 heavy (non-hydrogen) atoms. The second-order valence-corrected chi connectivity index (χ2v) is 5.69. The molecule has 1 atom stereocenters. The first kappa shape index (κ1) is 13.2. The average molecular weight is 257 g/mol. The van der Waals surface area contributed by atoms with Gasteiger partial charge in [0, 0.05) is 16.7 Å². The minimum Gasteiger partial charge on any atom is -0.324 e. The lowest BCUT2D eigenvalue weighted by Gasteiger charge is -2.08. The van der Waals surface area contributed by atoms with Gasteiger partial charge in [0.2, 0.25) is 0 Å². The molecule has 0 aliphatic carbocycles. The highest BCUT2D eigenvalue weighted by atomic mass is 32.2. The predicted molar refractivity (Wildman–Crippen MR) is 79.8 cm³/mol. The molecule has 2 N–H and O–H groups in total. The van der Waals surface area contributed by atoms with E-state index in [1.165, 1.54) is 21.6 Å². The Bertz CT molecular complexity index is 520. The number of nitrogens with two attached hydrogens (primary N) is 1. The monoisotopic (exact) mass is 257 g/mol. The van der Waals surface area contributed by atoms with Gasteiger partial charge in [0.05, 0.1) is 0 Å². The average Bonchev–Trinajstić information content (AvgIpc) is 2.37. The van der Waals surface area contributed by atoms with E-state index in [9.17, 15) is 0 Å². The molecule has 0 saturated heterocycles. The first-order valence-corrected chi connectivity index (χ1v) is 7.17. The molecule has 2 aromatic carbocycles. The van der Waals surface area contributed by atoms with Crippen molar-refractivity contribution >= 4 is 11.8 Å². The molecule has 0 heterocycles. The molecule has 0 amide bonds. The molecule has 94 valence electrons. The van der Waals surface area contributed by atoms with Crippen molar-refractivity contribution in [2.45, 2.75) is 30.5 Å². The Hall–Kier alpha value is -1.25. The molecule has 0 aliphatic rings. The fraction of sp³-hybridized carbons (Fsp3) is 0.250. The molecule has 0 fully saturated rings. The summed E-state index contributed by atoms with van der Waals surface area (Å²) in [4.78, 5) is 1.28. The summed E-state index contributed by atoms with van der Waals surface area (Å²) in [5, 5.41) is 0. The van der Waals surface area contributed by atoms with Gasteiger partial charge in [-0.1, -0.05) is 42.0 Å². The summed E-state index contributed by atoms with van der Waals surface area (Å²) in [7, 11) is 0. The zero-order valence-electron chi connectivity index (χ0n) is 10.9. The predicted octanol–water partition coefficient (Wildman–Crippen LogP) is 4.31. The Morgan fingerprint density at radius 3 is 2.61 bits per heavy atom. The summed E-state index contributed by atoms with van der Waals surface area (Å²) >= 11 is 1.86. The minimum atomic E-state index is 0.101. The van der Waals surface area contributed by atoms with Gasteiger partial charge in [-0.3, -0.25) is 0 Å². The van der Waals surface area contributed by atoms with Crippen molar-refractivity contribution in [2.75, 3.05) is 0 Å². The van der Waals surface area contributed by atoms with Gasteiger partial charge >= 0.3 is 0 Å². The maximum atomic E-state index is 5.90. The Balaban J connectivity index is 2.04. The van der Waals surface area contributed by atoms with Crippen molar-refractivity contribution in [1.82, 2.24) is 0 Å². The van der Waals surface area contributed by atoms with Gasteiger partial charge in [0.25, 0.3) is 0 Å². The number of rotatable bonds is 4. The third-order valence-electron chi connectivity index (χ3n) is 2.87. The topological polar surface area (TPSA) is 26.0 Å². The first-order chi connectivity index (χ1) is 8.65. The maximum absolute atomic E-state index is 5.90. The van der Waals surface area contributed by atoms with Gasteiger partial charge in [-0.15, -0.1) is 11.8 Å². The van der Waals surface area contributed by atoms with E-state index in [0.29, 0.717) is 0 Å². The van der Waals surface area contributed by atoms with Gasteiger partial charge in [0.15, 0.2) is 0 Å². The van der Waals surface area contributed by atoms with Gasteiger partial charge in [-0.05, 0) is 37.1 Å². The number of hydrogen-bond acceptors (Lipinski definition) is 2. The molecular formula is C16H19NS. The lowest BCUT2D eigenvalue weighted by atomic mass is 10.1. The van der Waals surface area contributed by atoms with Gasteiger partial charge in [-0.2, -0.15) is 0 Å². The van der Waals surface area contributed by atoms with Crippen LogP contribution in [0.1, 0.15) is 29.7 Å². The van der Waals surface area contributed by atoms with Crippen LogP contribution in [0, 0.1) is 6.92 Å². The Morgan fingerprint density at radius 2 is 1.89 bits per heavy atom. The highest BCUT2D eigenvalue weighted by Gasteiger charge is 2.01. The molecule has 0 saturated carbocycles. The minimum absolute atomic E-state index is 0.101. The van der Waals surface area contributed by atoms with Crippen LogP contribution in [0.2, 0.25) is 0 Å². The second kappa shape index (κ2) is 6.07. The number of benzene rings is 2. The quantitative estimate of drug-likeness (QED) is 0.826. The fourth-order valence-electron chi connectivity index (χ4n) is 1.86. The van der Waals surface area contributed by atoms with Gasteiger partial charge in [0.1, 0.15) is 0 Å². The summed E-state index contributed by atoms with van der Waals surface area (Å²) in [5.74, 6) is 1.00. The zero-order chi connectivity index (χ0) is 13.0. The van der Waals surface area contributed by atoms with Crippen LogP contribution in [0.5, 0.6) is 0 Å². The molecule has 2 rings (SSSR count). The molecule has 0 bridgehead atoms. The van der Waals surface area contributed by atoms with E-state index in [1.54, 1.807) is 0 Å². The third kappa shape index (κ3) is 3.62. The van der Waals surface area contributed by atoms with Crippen LogP contribution in [0.25, 0.3) is 0 Å². The highest BCUT2D eigenvalue weighted by molar-refractivity contribution is 7.98. The van der Waals surface area contributed by atoms with E-state index < -0.39 is 0 Å². The number of thioether (sulfide) groups is 1. The Kier molecular flexibility index (Phi) is 4.45. The van der Waals surface area contributed by atoms with Crippen LogP contribution in [0.4, 0.5) is 0 Å². The van der Waals surface area contributed by atoms with Crippen molar-refractivity contribution in [2.24, 2.45) is 5.73 Å². The van der Waals surface area contributed by atoms with E-state index in [2.05, 4.69) is 55.5 Å². The summed E-state index contributed by atoms with van der Waals surface area (Å²) < 4.78 is 0.